The zero-order valence-corrected chi connectivity index (χ0v) is 15.8. The number of fused-ring (bicyclic) bond motifs is 1. The van der Waals surface area contributed by atoms with Crippen LogP contribution in [0.25, 0.3) is 16.9 Å². The number of imidazole rings is 1. The fraction of sp³-hybridized carbons (Fsp3) is 0.174. The van der Waals surface area contributed by atoms with E-state index in [1.165, 1.54) is 16.7 Å². The van der Waals surface area contributed by atoms with Crippen LogP contribution in [0.2, 0.25) is 0 Å². The fourth-order valence-corrected chi connectivity index (χ4v) is 3.04. The fourth-order valence-electron chi connectivity index (χ4n) is 3.04. The Balaban J connectivity index is 1.82. The van der Waals surface area contributed by atoms with Crippen molar-refractivity contribution in [3.63, 3.8) is 0 Å². The third-order valence-corrected chi connectivity index (χ3v) is 4.69. The molecule has 0 atom stereocenters. The molecule has 0 N–H and O–H groups in total. The standard InChI is InChI=1S/C23H22N4/c1-4-18-7-11-20(12-8-18)25-26-23-22(19-9-5-16(2)6-10-19)24-21-15-17(3)13-14-27(21)23/h5-15H,4H2,1-3H3. The van der Waals surface area contributed by atoms with Crippen LogP contribution in [-0.4, -0.2) is 9.38 Å². The Morgan fingerprint density at radius 2 is 1.59 bits per heavy atom. The Kier molecular flexibility index (Phi) is 4.55. The molecule has 4 nitrogen and oxygen atoms in total. The molecule has 0 saturated heterocycles. The quantitative estimate of drug-likeness (QED) is 0.381. The summed E-state index contributed by atoms with van der Waals surface area (Å²) in [5, 5.41) is 9.04. The topological polar surface area (TPSA) is 42.0 Å². The number of aryl methyl sites for hydroxylation is 3. The summed E-state index contributed by atoms with van der Waals surface area (Å²) in [6, 6.07) is 20.7. The second-order valence-corrected chi connectivity index (χ2v) is 6.80. The van der Waals surface area contributed by atoms with Crippen molar-refractivity contribution in [3.8, 4) is 11.3 Å². The van der Waals surface area contributed by atoms with Crippen molar-refractivity contribution >= 4 is 17.2 Å². The van der Waals surface area contributed by atoms with Crippen LogP contribution in [0.15, 0.2) is 77.1 Å². The first-order chi connectivity index (χ1) is 13.1. The van der Waals surface area contributed by atoms with Gasteiger partial charge in [0.05, 0.1) is 5.69 Å². The lowest BCUT2D eigenvalue weighted by atomic mass is 10.1. The van der Waals surface area contributed by atoms with E-state index in [1.54, 1.807) is 0 Å². The molecule has 0 bridgehead atoms. The average molecular weight is 354 g/mol. The Morgan fingerprint density at radius 1 is 0.852 bits per heavy atom. The molecule has 4 aromatic rings. The molecule has 0 fully saturated rings. The van der Waals surface area contributed by atoms with Gasteiger partial charge < -0.3 is 0 Å². The minimum atomic E-state index is 0.744. The van der Waals surface area contributed by atoms with Gasteiger partial charge in [-0.3, -0.25) is 4.40 Å². The van der Waals surface area contributed by atoms with E-state index in [2.05, 4.69) is 79.5 Å². The highest BCUT2D eigenvalue weighted by Gasteiger charge is 2.14. The number of aromatic nitrogens is 2. The number of azo groups is 1. The van der Waals surface area contributed by atoms with Crippen LogP contribution in [0.5, 0.6) is 0 Å². The molecule has 27 heavy (non-hydrogen) atoms. The maximum absolute atomic E-state index is 4.82. The molecule has 0 aliphatic carbocycles. The number of rotatable bonds is 4. The number of nitrogens with zero attached hydrogens (tertiary/aromatic N) is 4. The normalized spacial score (nSPS) is 11.5. The molecule has 4 heteroatoms. The Bertz CT molecular complexity index is 1100. The summed E-state index contributed by atoms with van der Waals surface area (Å²) in [5.41, 5.74) is 7.27. The summed E-state index contributed by atoms with van der Waals surface area (Å²) in [5.74, 6) is 0.744. The van der Waals surface area contributed by atoms with Crippen molar-refractivity contribution in [2.45, 2.75) is 27.2 Å². The molecule has 2 heterocycles. The molecular formula is C23H22N4. The Hall–Kier alpha value is -3.27. The summed E-state index contributed by atoms with van der Waals surface area (Å²) in [6.07, 6.45) is 3.02. The van der Waals surface area contributed by atoms with Crippen molar-refractivity contribution in [2.75, 3.05) is 0 Å². The monoisotopic (exact) mass is 354 g/mol. The molecule has 0 amide bonds. The van der Waals surface area contributed by atoms with Gasteiger partial charge in [0, 0.05) is 11.8 Å². The van der Waals surface area contributed by atoms with E-state index >= 15 is 0 Å². The highest BCUT2D eigenvalue weighted by Crippen LogP contribution is 2.32. The van der Waals surface area contributed by atoms with Gasteiger partial charge in [-0.2, -0.15) is 0 Å². The molecule has 0 spiro atoms. The van der Waals surface area contributed by atoms with Crippen molar-refractivity contribution in [1.29, 1.82) is 0 Å². The smallest absolute Gasteiger partial charge is 0.187 e. The third kappa shape index (κ3) is 3.51. The summed E-state index contributed by atoms with van der Waals surface area (Å²) in [6.45, 7) is 6.29. The number of pyridine rings is 1. The first-order valence-corrected chi connectivity index (χ1v) is 9.20. The SMILES string of the molecule is CCc1ccc(N=Nc2c(-c3ccc(C)cc3)nc3cc(C)ccn23)cc1. The lowest BCUT2D eigenvalue weighted by Gasteiger charge is -2.01. The van der Waals surface area contributed by atoms with Gasteiger partial charge in [-0.15, -0.1) is 10.2 Å². The lowest BCUT2D eigenvalue weighted by molar-refractivity contribution is 1.09. The molecule has 0 aliphatic heterocycles. The molecule has 2 aromatic carbocycles. The summed E-state index contributed by atoms with van der Waals surface area (Å²) in [7, 11) is 0. The van der Waals surface area contributed by atoms with E-state index in [0.717, 1.165) is 34.8 Å². The van der Waals surface area contributed by atoms with Gasteiger partial charge >= 0.3 is 0 Å². The van der Waals surface area contributed by atoms with Crippen LogP contribution >= 0.6 is 0 Å². The molecule has 0 unspecified atom stereocenters. The van der Waals surface area contributed by atoms with Crippen LogP contribution in [-0.2, 0) is 6.42 Å². The van der Waals surface area contributed by atoms with Gasteiger partial charge in [-0.1, -0.05) is 48.9 Å². The minimum absolute atomic E-state index is 0.744. The average Bonchev–Trinajstić information content (AvgIpc) is 3.04. The van der Waals surface area contributed by atoms with Crippen LogP contribution in [0.1, 0.15) is 23.6 Å². The Morgan fingerprint density at radius 3 is 2.30 bits per heavy atom. The summed E-state index contributed by atoms with van der Waals surface area (Å²) >= 11 is 0. The molecule has 2 aromatic heterocycles. The minimum Gasteiger partial charge on any atom is -0.283 e. The van der Waals surface area contributed by atoms with Gasteiger partial charge in [0.25, 0.3) is 0 Å². The predicted molar refractivity (Wildman–Crippen MR) is 110 cm³/mol. The summed E-state index contributed by atoms with van der Waals surface area (Å²) in [4.78, 5) is 4.82. The summed E-state index contributed by atoms with van der Waals surface area (Å²) < 4.78 is 1.99. The number of hydrogen-bond acceptors (Lipinski definition) is 3. The molecule has 134 valence electrons. The highest BCUT2D eigenvalue weighted by molar-refractivity contribution is 5.74. The first kappa shape index (κ1) is 17.2. The van der Waals surface area contributed by atoms with Crippen molar-refractivity contribution in [1.82, 2.24) is 9.38 Å². The van der Waals surface area contributed by atoms with Crippen molar-refractivity contribution in [3.05, 3.63) is 83.6 Å². The third-order valence-electron chi connectivity index (χ3n) is 4.69. The molecule has 0 saturated carbocycles. The molecule has 4 rings (SSSR count). The lowest BCUT2D eigenvalue weighted by Crippen LogP contribution is -1.84. The van der Waals surface area contributed by atoms with E-state index in [1.807, 2.05) is 22.7 Å². The van der Waals surface area contributed by atoms with E-state index in [4.69, 9.17) is 4.98 Å². The van der Waals surface area contributed by atoms with E-state index in [-0.39, 0.29) is 0 Å². The molecular weight excluding hydrogens is 332 g/mol. The van der Waals surface area contributed by atoms with Crippen molar-refractivity contribution in [2.24, 2.45) is 10.2 Å². The zero-order chi connectivity index (χ0) is 18.8. The number of hydrogen-bond donors (Lipinski definition) is 0. The van der Waals surface area contributed by atoms with Crippen molar-refractivity contribution < 1.29 is 0 Å². The largest absolute Gasteiger partial charge is 0.283 e. The van der Waals surface area contributed by atoms with E-state index in [9.17, 15) is 0 Å². The molecule has 0 radical (unpaired) electrons. The van der Waals surface area contributed by atoms with Gasteiger partial charge in [0.2, 0.25) is 0 Å². The predicted octanol–water partition coefficient (Wildman–Crippen LogP) is 6.60. The van der Waals surface area contributed by atoms with Crippen LogP contribution in [0.4, 0.5) is 11.5 Å². The second kappa shape index (κ2) is 7.16. The molecule has 0 aliphatic rings. The van der Waals surface area contributed by atoms with Crippen LogP contribution in [0, 0.1) is 13.8 Å². The number of benzene rings is 2. The Labute approximate surface area is 159 Å². The van der Waals surface area contributed by atoms with Gasteiger partial charge in [0.1, 0.15) is 11.3 Å². The van der Waals surface area contributed by atoms with Gasteiger partial charge in [-0.25, -0.2) is 4.98 Å². The van der Waals surface area contributed by atoms with Gasteiger partial charge in [-0.05, 0) is 55.7 Å². The highest BCUT2D eigenvalue weighted by atomic mass is 15.2. The van der Waals surface area contributed by atoms with Crippen LogP contribution < -0.4 is 0 Å². The van der Waals surface area contributed by atoms with Crippen LogP contribution in [0.3, 0.4) is 0 Å². The maximum atomic E-state index is 4.82. The van der Waals surface area contributed by atoms with E-state index in [0.29, 0.717) is 0 Å². The first-order valence-electron chi connectivity index (χ1n) is 9.20. The maximum Gasteiger partial charge on any atom is 0.187 e. The second-order valence-electron chi connectivity index (χ2n) is 6.80. The van der Waals surface area contributed by atoms with E-state index < -0.39 is 0 Å². The van der Waals surface area contributed by atoms with Gasteiger partial charge in [0.15, 0.2) is 5.82 Å². The zero-order valence-electron chi connectivity index (χ0n) is 15.8.